The van der Waals surface area contributed by atoms with Gasteiger partial charge in [-0.25, -0.2) is 4.79 Å². The molecule has 0 aromatic heterocycles. The van der Waals surface area contributed by atoms with Crippen LogP contribution in [0.3, 0.4) is 0 Å². The summed E-state index contributed by atoms with van der Waals surface area (Å²) in [5.41, 5.74) is 2.15. The minimum atomic E-state index is -0.153. The number of amides is 2. The van der Waals surface area contributed by atoms with Gasteiger partial charge in [-0.15, -0.1) is 0 Å². The van der Waals surface area contributed by atoms with Crippen molar-refractivity contribution in [1.29, 1.82) is 0 Å². The molecule has 1 atom stereocenters. The van der Waals surface area contributed by atoms with Gasteiger partial charge in [0, 0.05) is 31.4 Å². The maximum atomic E-state index is 12.2. The second-order valence-electron chi connectivity index (χ2n) is 6.28. The first-order valence-electron chi connectivity index (χ1n) is 8.75. The number of ether oxygens (including phenoxy) is 2. The lowest BCUT2D eigenvalue weighted by molar-refractivity contribution is 0.237. The number of hydrogen-bond acceptors (Lipinski definition) is 4. The van der Waals surface area contributed by atoms with Gasteiger partial charge in [-0.05, 0) is 36.2 Å². The Labute approximate surface area is 154 Å². The number of urea groups is 1. The number of carbonyl (C=O) groups excluding carboxylic acids is 1. The predicted molar refractivity (Wildman–Crippen MR) is 102 cm³/mol. The highest BCUT2D eigenvalue weighted by Crippen LogP contribution is 2.27. The van der Waals surface area contributed by atoms with Crippen LogP contribution in [-0.4, -0.2) is 39.4 Å². The Morgan fingerprint density at radius 2 is 1.88 bits per heavy atom. The van der Waals surface area contributed by atoms with Crippen molar-refractivity contribution < 1.29 is 14.3 Å². The van der Waals surface area contributed by atoms with Crippen molar-refractivity contribution in [3.05, 3.63) is 54.1 Å². The number of nitrogens with zero attached hydrogens (tertiary/aromatic N) is 1. The van der Waals surface area contributed by atoms with Crippen LogP contribution in [0, 0.1) is 0 Å². The summed E-state index contributed by atoms with van der Waals surface area (Å²) < 4.78 is 10.5. The molecule has 2 amide bonds. The van der Waals surface area contributed by atoms with Crippen LogP contribution in [0.2, 0.25) is 0 Å². The molecule has 3 rings (SSSR count). The highest BCUT2D eigenvalue weighted by Gasteiger charge is 2.23. The lowest BCUT2D eigenvalue weighted by atomic mass is 10.2. The smallest absolute Gasteiger partial charge is 0.315 e. The Morgan fingerprint density at radius 3 is 2.62 bits per heavy atom. The van der Waals surface area contributed by atoms with Crippen LogP contribution >= 0.6 is 0 Å². The summed E-state index contributed by atoms with van der Waals surface area (Å²) in [7, 11) is 3.20. The van der Waals surface area contributed by atoms with Crippen LogP contribution in [0.15, 0.2) is 48.5 Å². The fourth-order valence-corrected chi connectivity index (χ4v) is 3.16. The van der Waals surface area contributed by atoms with Crippen molar-refractivity contribution in [3.8, 4) is 11.5 Å². The van der Waals surface area contributed by atoms with E-state index >= 15 is 0 Å². The summed E-state index contributed by atoms with van der Waals surface area (Å²) in [6.07, 6.45) is 0.943. The number of hydrogen-bond donors (Lipinski definition) is 2. The standard InChI is InChI=1S/C20H25N3O3/c1-25-18-9-8-15(12-19(18)26-2)13-21-20(24)22-16-10-11-23(14-16)17-6-4-3-5-7-17/h3-9,12,16H,10-11,13-14H2,1-2H3,(H2,21,22,24). The van der Waals surface area contributed by atoms with Crippen molar-refractivity contribution in [3.63, 3.8) is 0 Å². The molecule has 1 unspecified atom stereocenters. The summed E-state index contributed by atoms with van der Waals surface area (Å²) in [6.45, 7) is 2.21. The zero-order chi connectivity index (χ0) is 18.4. The molecule has 0 saturated carbocycles. The first kappa shape index (κ1) is 17.9. The molecule has 1 saturated heterocycles. The molecule has 138 valence electrons. The molecule has 1 heterocycles. The Kier molecular flexibility index (Phi) is 5.84. The Morgan fingerprint density at radius 1 is 1.12 bits per heavy atom. The quantitative estimate of drug-likeness (QED) is 0.836. The molecule has 6 nitrogen and oxygen atoms in total. The predicted octanol–water partition coefficient (Wildman–Crippen LogP) is 2.78. The van der Waals surface area contributed by atoms with E-state index in [1.165, 1.54) is 5.69 Å². The molecule has 0 radical (unpaired) electrons. The Bertz CT molecular complexity index is 736. The van der Waals surface area contributed by atoms with Crippen molar-refractivity contribution in [1.82, 2.24) is 10.6 Å². The van der Waals surface area contributed by atoms with Crippen molar-refractivity contribution >= 4 is 11.7 Å². The van der Waals surface area contributed by atoms with E-state index in [0.717, 1.165) is 25.1 Å². The monoisotopic (exact) mass is 355 g/mol. The largest absolute Gasteiger partial charge is 0.493 e. The van der Waals surface area contributed by atoms with Crippen LogP contribution in [-0.2, 0) is 6.54 Å². The maximum absolute atomic E-state index is 12.2. The minimum absolute atomic E-state index is 0.153. The maximum Gasteiger partial charge on any atom is 0.315 e. The molecule has 2 aromatic carbocycles. The van der Waals surface area contributed by atoms with Crippen LogP contribution < -0.4 is 25.0 Å². The third-order valence-electron chi connectivity index (χ3n) is 4.55. The topological polar surface area (TPSA) is 62.8 Å². The average molecular weight is 355 g/mol. The highest BCUT2D eigenvalue weighted by molar-refractivity contribution is 5.74. The van der Waals surface area contributed by atoms with E-state index in [-0.39, 0.29) is 12.1 Å². The summed E-state index contributed by atoms with van der Waals surface area (Å²) in [4.78, 5) is 14.5. The SMILES string of the molecule is COc1ccc(CNC(=O)NC2CCN(c3ccccc3)C2)cc1OC. The molecule has 26 heavy (non-hydrogen) atoms. The number of carbonyl (C=O) groups is 1. The van der Waals surface area contributed by atoms with Crippen molar-refractivity contribution in [2.45, 2.75) is 19.0 Å². The first-order valence-corrected chi connectivity index (χ1v) is 8.75. The zero-order valence-electron chi connectivity index (χ0n) is 15.2. The van der Waals surface area contributed by atoms with Crippen molar-refractivity contribution in [2.24, 2.45) is 0 Å². The van der Waals surface area contributed by atoms with Gasteiger partial charge in [0.2, 0.25) is 0 Å². The molecule has 0 spiro atoms. The number of para-hydroxylation sites is 1. The fraction of sp³-hybridized carbons (Fsp3) is 0.350. The number of anilines is 1. The third-order valence-corrected chi connectivity index (χ3v) is 4.55. The second-order valence-corrected chi connectivity index (χ2v) is 6.28. The molecule has 2 N–H and O–H groups in total. The van der Waals surface area contributed by atoms with Crippen LogP contribution in [0.25, 0.3) is 0 Å². The lowest BCUT2D eigenvalue weighted by Gasteiger charge is -2.19. The van der Waals surface area contributed by atoms with Gasteiger partial charge in [-0.2, -0.15) is 0 Å². The van der Waals surface area contributed by atoms with E-state index in [4.69, 9.17) is 9.47 Å². The molecule has 2 aromatic rings. The summed E-state index contributed by atoms with van der Waals surface area (Å²) >= 11 is 0. The average Bonchev–Trinajstić information content (AvgIpc) is 3.15. The van der Waals surface area contributed by atoms with Crippen LogP contribution in [0.4, 0.5) is 10.5 Å². The van der Waals surface area contributed by atoms with Gasteiger partial charge < -0.3 is 25.0 Å². The minimum Gasteiger partial charge on any atom is -0.493 e. The van der Waals surface area contributed by atoms with Gasteiger partial charge in [-0.3, -0.25) is 0 Å². The molecular weight excluding hydrogens is 330 g/mol. The van der Waals surface area contributed by atoms with E-state index in [1.54, 1.807) is 14.2 Å². The molecule has 0 bridgehead atoms. The number of nitrogens with one attached hydrogen (secondary N) is 2. The fourth-order valence-electron chi connectivity index (χ4n) is 3.16. The lowest BCUT2D eigenvalue weighted by Crippen LogP contribution is -2.43. The normalized spacial score (nSPS) is 16.2. The van der Waals surface area contributed by atoms with Gasteiger partial charge in [0.15, 0.2) is 11.5 Å². The molecular formula is C20H25N3O3. The van der Waals surface area contributed by atoms with Gasteiger partial charge >= 0.3 is 6.03 Å². The second kappa shape index (κ2) is 8.47. The molecule has 6 heteroatoms. The summed E-state index contributed by atoms with van der Waals surface area (Å²) in [5.74, 6) is 1.33. The van der Waals surface area contributed by atoms with Crippen LogP contribution in [0.5, 0.6) is 11.5 Å². The van der Waals surface area contributed by atoms with E-state index < -0.39 is 0 Å². The third kappa shape index (κ3) is 4.39. The van der Waals surface area contributed by atoms with Gasteiger partial charge in [-0.1, -0.05) is 24.3 Å². The molecule has 1 fully saturated rings. The number of methoxy groups -OCH3 is 2. The van der Waals surface area contributed by atoms with Crippen LogP contribution in [0.1, 0.15) is 12.0 Å². The summed E-state index contributed by atoms with van der Waals surface area (Å²) in [5, 5.41) is 5.96. The molecule has 1 aliphatic heterocycles. The van der Waals surface area contributed by atoms with E-state index in [2.05, 4.69) is 27.7 Å². The van der Waals surface area contributed by atoms with Crippen molar-refractivity contribution in [2.75, 3.05) is 32.2 Å². The van der Waals surface area contributed by atoms with E-state index in [1.807, 2.05) is 36.4 Å². The number of rotatable bonds is 6. The Hall–Kier alpha value is -2.89. The highest BCUT2D eigenvalue weighted by atomic mass is 16.5. The van der Waals surface area contributed by atoms with E-state index in [9.17, 15) is 4.79 Å². The number of benzene rings is 2. The van der Waals surface area contributed by atoms with E-state index in [0.29, 0.717) is 18.0 Å². The molecule has 1 aliphatic rings. The molecule has 0 aliphatic carbocycles. The summed E-state index contributed by atoms with van der Waals surface area (Å²) in [6, 6.07) is 15.9. The first-order chi connectivity index (χ1) is 12.7. The zero-order valence-corrected chi connectivity index (χ0v) is 15.2. The van der Waals surface area contributed by atoms with Gasteiger partial charge in [0.25, 0.3) is 0 Å². The van der Waals surface area contributed by atoms with Gasteiger partial charge in [0.1, 0.15) is 0 Å². The van der Waals surface area contributed by atoms with Gasteiger partial charge in [0.05, 0.1) is 14.2 Å². The Balaban J connectivity index is 1.48.